The van der Waals surface area contributed by atoms with Crippen molar-refractivity contribution in [1.29, 1.82) is 0 Å². The molecule has 1 fully saturated rings. The first-order valence-electron chi connectivity index (χ1n) is 6.00. The van der Waals surface area contributed by atoms with Crippen LogP contribution in [-0.4, -0.2) is 28.4 Å². The van der Waals surface area contributed by atoms with Crippen LogP contribution in [0.15, 0.2) is 12.3 Å². The molecule has 1 aromatic heterocycles. The highest BCUT2D eigenvalue weighted by molar-refractivity contribution is 5.94. The lowest BCUT2D eigenvalue weighted by Crippen LogP contribution is -2.43. The number of nitrogens with zero attached hydrogens (tertiary/aromatic N) is 1. The number of nitrogens with one attached hydrogen (secondary N) is 1. The highest BCUT2D eigenvalue weighted by Gasteiger charge is 2.34. The minimum atomic E-state index is -4.44. The molecule has 3 nitrogen and oxygen atoms in total. The Hall–Kier alpha value is -1.46. The second-order valence-corrected chi connectivity index (χ2v) is 4.48. The Balaban J connectivity index is 2.15. The summed E-state index contributed by atoms with van der Waals surface area (Å²) in [7, 11) is 0. The SMILES string of the molecule is CCN(C(=O)c1c[nH]c(C(F)(F)F)c1)C1CCC1. The molecule has 1 N–H and O–H groups in total. The molecule has 0 bridgehead atoms. The number of H-pyrrole nitrogens is 1. The van der Waals surface area contributed by atoms with Gasteiger partial charge in [-0.3, -0.25) is 4.79 Å². The van der Waals surface area contributed by atoms with E-state index in [4.69, 9.17) is 0 Å². The van der Waals surface area contributed by atoms with Crippen molar-refractivity contribution in [3.63, 3.8) is 0 Å². The van der Waals surface area contributed by atoms with Crippen molar-refractivity contribution in [2.75, 3.05) is 6.54 Å². The number of carbonyl (C=O) groups is 1. The third-order valence-electron chi connectivity index (χ3n) is 3.35. The lowest BCUT2D eigenvalue weighted by Gasteiger charge is -2.36. The average molecular weight is 260 g/mol. The molecule has 1 aliphatic rings. The summed E-state index contributed by atoms with van der Waals surface area (Å²) in [5.41, 5.74) is -0.799. The summed E-state index contributed by atoms with van der Waals surface area (Å²) in [6.07, 6.45) is -0.347. The number of hydrogen-bond acceptors (Lipinski definition) is 1. The summed E-state index contributed by atoms with van der Waals surface area (Å²) in [4.78, 5) is 15.8. The number of halogens is 3. The summed E-state index contributed by atoms with van der Waals surface area (Å²) in [5, 5.41) is 0. The van der Waals surface area contributed by atoms with Gasteiger partial charge in [-0.1, -0.05) is 0 Å². The number of hydrogen-bond donors (Lipinski definition) is 1. The third kappa shape index (κ3) is 2.37. The maximum Gasteiger partial charge on any atom is 0.431 e. The maximum absolute atomic E-state index is 12.4. The van der Waals surface area contributed by atoms with Gasteiger partial charge < -0.3 is 9.88 Å². The summed E-state index contributed by atoms with van der Waals surface area (Å²) < 4.78 is 37.3. The molecule has 100 valence electrons. The van der Waals surface area contributed by atoms with Crippen molar-refractivity contribution in [2.45, 2.75) is 38.4 Å². The molecular formula is C12H15F3N2O. The van der Waals surface area contributed by atoms with E-state index in [0.29, 0.717) is 6.54 Å². The van der Waals surface area contributed by atoms with Gasteiger partial charge in [0.1, 0.15) is 5.69 Å². The zero-order chi connectivity index (χ0) is 13.3. The molecule has 0 saturated heterocycles. The first-order chi connectivity index (χ1) is 8.43. The number of aromatic amines is 1. The third-order valence-corrected chi connectivity index (χ3v) is 3.35. The highest BCUT2D eigenvalue weighted by Crippen LogP contribution is 2.30. The summed E-state index contributed by atoms with van der Waals surface area (Å²) in [6.45, 7) is 2.36. The van der Waals surface area contributed by atoms with E-state index in [1.807, 2.05) is 6.92 Å². The maximum atomic E-state index is 12.4. The van der Waals surface area contributed by atoms with Gasteiger partial charge in [0.05, 0.1) is 5.56 Å². The van der Waals surface area contributed by atoms with E-state index in [9.17, 15) is 18.0 Å². The van der Waals surface area contributed by atoms with Gasteiger partial charge in [0.25, 0.3) is 5.91 Å². The van der Waals surface area contributed by atoms with Crippen molar-refractivity contribution < 1.29 is 18.0 Å². The Kier molecular flexibility index (Phi) is 3.36. The van der Waals surface area contributed by atoms with E-state index >= 15 is 0 Å². The number of rotatable bonds is 3. The fraction of sp³-hybridized carbons (Fsp3) is 0.583. The van der Waals surface area contributed by atoms with Crippen molar-refractivity contribution in [1.82, 2.24) is 9.88 Å². The highest BCUT2D eigenvalue weighted by atomic mass is 19.4. The minimum absolute atomic E-state index is 0.0797. The van der Waals surface area contributed by atoms with Crippen LogP contribution < -0.4 is 0 Å². The van der Waals surface area contributed by atoms with Gasteiger partial charge in [0.15, 0.2) is 0 Å². The van der Waals surface area contributed by atoms with Crippen LogP contribution in [0.5, 0.6) is 0 Å². The molecule has 0 aliphatic heterocycles. The largest absolute Gasteiger partial charge is 0.431 e. The topological polar surface area (TPSA) is 36.1 Å². The lowest BCUT2D eigenvalue weighted by molar-refractivity contribution is -0.140. The molecule has 1 aliphatic carbocycles. The van der Waals surface area contributed by atoms with Crippen molar-refractivity contribution in [3.8, 4) is 0 Å². The average Bonchev–Trinajstić information content (AvgIpc) is 2.70. The zero-order valence-corrected chi connectivity index (χ0v) is 10.0. The van der Waals surface area contributed by atoms with Gasteiger partial charge in [0.2, 0.25) is 0 Å². The fourth-order valence-corrected chi connectivity index (χ4v) is 2.11. The van der Waals surface area contributed by atoms with Gasteiger partial charge in [-0.25, -0.2) is 0 Å². The van der Waals surface area contributed by atoms with Gasteiger partial charge in [0, 0.05) is 18.8 Å². The van der Waals surface area contributed by atoms with Crippen LogP contribution in [0.4, 0.5) is 13.2 Å². The van der Waals surface area contributed by atoms with E-state index in [-0.39, 0.29) is 17.5 Å². The smallest absolute Gasteiger partial charge is 0.357 e. The van der Waals surface area contributed by atoms with E-state index in [2.05, 4.69) is 4.98 Å². The molecule has 0 spiro atoms. The quantitative estimate of drug-likeness (QED) is 0.890. The number of carbonyl (C=O) groups excluding carboxylic acids is 1. The van der Waals surface area contributed by atoms with Gasteiger partial charge in [-0.15, -0.1) is 0 Å². The Labute approximate surface area is 103 Å². The van der Waals surface area contributed by atoms with Gasteiger partial charge >= 0.3 is 6.18 Å². The first-order valence-corrected chi connectivity index (χ1v) is 6.00. The molecule has 1 aromatic rings. The first kappa shape index (κ1) is 13.0. The molecular weight excluding hydrogens is 245 g/mol. The molecule has 6 heteroatoms. The van der Waals surface area contributed by atoms with Crippen LogP contribution in [0, 0.1) is 0 Å². The van der Waals surface area contributed by atoms with Crippen molar-refractivity contribution in [3.05, 3.63) is 23.5 Å². The molecule has 18 heavy (non-hydrogen) atoms. The van der Waals surface area contributed by atoms with Crippen LogP contribution >= 0.6 is 0 Å². The fourth-order valence-electron chi connectivity index (χ4n) is 2.11. The molecule has 0 aromatic carbocycles. The molecule has 0 radical (unpaired) electrons. The Bertz CT molecular complexity index is 435. The second-order valence-electron chi connectivity index (χ2n) is 4.48. The Morgan fingerprint density at radius 3 is 2.56 bits per heavy atom. The van der Waals surface area contributed by atoms with E-state index in [0.717, 1.165) is 31.5 Å². The summed E-state index contributed by atoms with van der Waals surface area (Å²) >= 11 is 0. The molecule has 1 heterocycles. The summed E-state index contributed by atoms with van der Waals surface area (Å²) in [6, 6.07) is 1.07. The monoisotopic (exact) mass is 260 g/mol. The molecule has 0 atom stereocenters. The van der Waals surface area contributed by atoms with E-state index in [1.54, 1.807) is 4.90 Å². The van der Waals surface area contributed by atoms with Crippen molar-refractivity contribution >= 4 is 5.91 Å². The van der Waals surface area contributed by atoms with Gasteiger partial charge in [-0.05, 0) is 32.3 Å². The summed E-state index contributed by atoms with van der Waals surface area (Å²) in [5.74, 6) is -0.325. The van der Waals surface area contributed by atoms with E-state index in [1.165, 1.54) is 0 Å². The lowest BCUT2D eigenvalue weighted by atomic mass is 9.91. The minimum Gasteiger partial charge on any atom is -0.357 e. The van der Waals surface area contributed by atoms with Gasteiger partial charge in [-0.2, -0.15) is 13.2 Å². The normalized spacial score (nSPS) is 16.4. The molecule has 1 amide bonds. The van der Waals surface area contributed by atoms with Crippen molar-refractivity contribution in [2.24, 2.45) is 0 Å². The van der Waals surface area contributed by atoms with Crippen LogP contribution in [0.25, 0.3) is 0 Å². The second kappa shape index (κ2) is 4.66. The predicted molar refractivity (Wildman–Crippen MR) is 60.1 cm³/mol. The molecule has 1 saturated carbocycles. The number of amides is 1. The van der Waals surface area contributed by atoms with Crippen LogP contribution in [0.1, 0.15) is 42.2 Å². The molecule has 0 unspecified atom stereocenters. The standard InChI is InChI=1S/C12H15F3N2O/c1-2-17(9-4-3-5-9)11(18)8-6-10(16-7-8)12(13,14)15/h6-7,9,16H,2-5H2,1H3. The van der Waals surface area contributed by atoms with Crippen LogP contribution in [0.2, 0.25) is 0 Å². The Morgan fingerprint density at radius 1 is 1.50 bits per heavy atom. The Morgan fingerprint density at radius 2 is 2.17 bits per heavy atom. The number of aromatic nitrogens is 1. The van der Waals surface area contributed by atoms with E-state index < -0.39 is 11.9 Å². The zero-order valence-electron chi connectivity index (χ0n) is 10.0. The molecule has 2 rings (SSSR count). The number of alkyl halides is 3. The van der Waals surface area contributed by atoms with Crippen LogP contribution in [-0.2, 0) is 6.18 Å². The van der Waals surface area contributed by atoms with Crippen LogP contribution in [0.3, 0.4) is 0 Å². The predicted octanol–water partition coefficient (Wildman–Crippen LogP) is 3.05.